The first-order chi connectivity index (χ1) is 18.7. The normalized spacial score (nSPS) is 10.3. The number of benzene rings is 5. The van der Waals surface area contributed by atoms with Gasteiger partial charge in [0.15, 0.2) is 0 Å². The molecule has 0 heterocycles. The van der Waals surface area contributed by atoms with Gasteiger partial charge in [0.25, 0.3) is 0 Å². The van der Waals surface area contributed by atoms with Gasteiger partial charge in [-0.15, -0.1) is 0 Å². The fourth-order valence-electron chi connectivity index (χ4n) is 4.11. The van der Waals surface area contributed by atoms with Gasteiger partial charge in [-0.05, 0) is 66.7 Å². The standard InChI is InChI=1S/C32H26N4O2/c37-31(35(27-16-5-1-6-17-27)28-18-7-2-8-19-28)33-25-14-13-15-26(24-25)34-32(38)36(29-20-9-3-10-21-29)30-22-11-4-12-23-30/h1-24H,(H,33,37)(H,34,38). The maximum atomic E-state index is 13.4. The molecule has 0 aliphatic rings. The highest BCUT2D eigenvalue weighted by atomic mass is 16.2. The van der Waals surface area contributed by atoms with Gasteiger partial charge < -0.3 is 10.6 Å². The highest BCUT2D eigenvalue weighted by molar-refractivity contribution is 6.09. The predicted molar refractivity (Wildman–Crippen MR) is 155 cm³/mol. The molecule has 0 spiro atoms. The molecule has 6 nitrogen and oxygen atoms in total. The lowest BCUT2D eigenvalue weighted by atomic mass is 10.2. The lowest BCUT2D eigenvalue weighted by Gasteiger charge is -2.24. The van der Waals surface area contributed by atoms with Crippen LogP contribution in [-0.2, 0) is 0 Å². The zero-order valence-corrected chi connectivity index (χ0v) is 20.6. The number of urea groups is 2. The SMILES string of the molecule is O=C(Nc1cccc(NC(=O)N(c2ccccc2)c2ccccc2)c1)N(c1ccccc1)c1ccccc1. The van der Waals surface area contributed by atoms with Crippen LogP contribution in [-0.4, -0.2) is 12.1 Å². The zero-order valence-electron chi connectivity index (χ0n) is 20.6. The maximum Gasteiger partial charge on any atom is 0.330 e. The van der Waals surface area contributed by atoms with Gasteiger partial charge in [-0.1, -0.05) is 78.9 Å². The van der Waals surface area contributed by atoms with E-state index in [1.165, 1.54) is 0 Å². The van der Waals surface area contributed by atoms with Crippen molar-refractivity contribution in [3.63, 3.8) is 0 Å². The van der Waals surface area contributed by atoms with Crippen molar-refractivity contribution in [1.29, 1.82) is 0 Å². The molecule has 0 saturated carbocycles. The van der Waals surface area contributed by atoms with E-state index >= 15 is 0 Å². The highest BCUT2D eigenvalue weighted by Crippen LogP contribution is 2.28. The molecule has 0 aliphatic carbocycles. The minimum Gasteiger partial charge on any atom is -0.307 e. The van der Waals surface area contributed by atoms with Crippen molar-refractivity contribution >= 4 is 46.2 Å². The Morgan fingerprint density at radius 3 is 0.974 bits per heavy atom. The van der Waals surface area contributed by atoms with Gasteiger partial charge in [-0.3, -0.25) is 9.80 Å². The number of para-hydroxylation sites is 4. The van der Waals surface area contributed by atoms with Gasteiger partial charge in [0, 0.05) is 11.4 Å². The van der Waals surface area contributed by atoms with Crippen LogP contribution in [0.4, 0.5) is 43.7 Å². The quantitative estimate of drug-likeness (QED) is 0.247. The van der Waals surface area contributed by atoms with Crippen molar-refractivity contribution in [2.45, 2.75) is 0 Å². The Hall–Kier alpha value is -5.36. The van der Waals surface area contributed by atoms with Crippen LogP contribution in [0.2, 0.25) is 0 Å². The smallest absolute Gasteiger partial charge is 0.307 e. The topological polar surface area (TPSA) is 64.7 Å². The molecule has 6 heteroatoms. The van der Waals surface area contributed by atoms with Crippen LogP contribution in [0.15, 0.2) is 146 Å². The van der Waals surface area contributed by atoms with E-state index in [4.69, 9.17) is 0 Å². The Balaban J connectivity index is 1.37. The molecule has 0 unspecified atom stereocenters. The Morgan fingerprint density at radius 2 is 0.684 bits per heavy atom. The van der Waals surface area contributed by atoms with E-state index in [1.807, 2.05) is 121 Å². The van der Waals surface area contributed by atoms with Gasteiger partial charge in [0.2, 0.25) is 0 Å². The molecular formula is C32H26N4O2. The first-order valence-corrected chi connectivity index (χ1v) is 12.2. The molecule has 0 aromatic heterocycles. The Morgan fingerprint density at radius 1 is 0.395 bits per heavy atom. The summed E-state index contributed by atoms with van der Waals surface area (Å²) >= 11 is 0. The second kappa shape index (κ2) is 11.6. The highest BCUT2D eigenvalue weighted by Gasteiger charge is 2.20. The van der Waals surface area contributed by atoms with Crippen LogP contribution in [0.1, 0.15) is 0 Å². The molecule has 0 atom stereocenters. The lowest BCUT2D eigenvalue weighted by Crippen LogP contribution is -2.31. The van der Waals surface area contributed by atoms with E-state index in [1.54, 1.807) is 34.1 Å². The number of hydrogen-bond donors (Lipinski definition) is 2. The molecule has 5 rings (SSSR count). The first-order valence-electron chi connectivity index (χ1n) is 12.2. The summed E-state index contributed by atoms with van der Waals surface area (Å²) in [7, 11) is 0. The third-order valence-electron chi connectivity index (χ3n) is 5.83. The number of nitrogens with zero attached hydrogens (tertiary/aromatic N) is 2. The van der Waals surface area contributed by atoms with Crippen LogP contribution >= 0.6 is 0 Å². The number of amides is 4. The predicted octanol–water partition coefficient (Wildman–Crippen LogP) is 8.43. The van der Waals surface area contributed by atoms with Crippen LogP contribution in [0.25, 0.3) is 0 Å². The summed E-state index contributed by atoms with van der Waals surface area (Å²) in [6.45, 7) is 0. The monoisotopic (exact) mass is 498 g/mol. The number of carbonyl (C=O) groups excluding carboxylic acids is 2. The zero-order chi connectivity index (χ0) is 26.2. The minimum absolute atomic E-state index is 0.318. The van der Waals surface area contributed by atoms with Gasteiger partial charge >= 0.3 is 12.1 Å². The van der Waals surface area contributed by atoms with Crippen molar-refractivity contribution in [3.8, 4) is 0 Å². The van der Waals surface area contributed by atoms with Crippen molar-refractivity contribution in [1.82, 2.24) is 0 Å². The van der Waals surface area contributed by atoms with Crippen molar-refractivity contribution in [2.75, 3.05) is 20.4 Å². The summed E-state index contributed by atoms with van der Waals surface area (Å²) in [5.41, 5.74) is 4.05. The van der Waals surface area contributed by atoms with Gasteiger partial charge in [0.05, 0.1) is 22.7 Å². The van der Waals surface area contributed by atoms with Gasteiger partial charge in [-0.25, -0.2) is 9.59 Å². The first kappa shape index (κ1) is 24.3. The van der Waals surface area contributed by atoms with E-state index in [0.29, 0.717) is 11.4 Å². The molecule has 2 N–H and O–H groups in total. The number of hydrogen-bond acceptors (Lipinski definition) is 2. The molecule has 38 heavy (non-hydrogen) atoms. The van der Waals surface area contributed by atoms with E-state index in [2.05, 4.69) is 10.6 Å². The number of carbonyl (C=O) groups is 2. The largest absolute Gasteiger partial charge is 0.330 e. The third-order valence-corrected chi connectivity index (χ3v) is 5.83. The number of rotatable bonds is 6. The Kier molecular flexibility index (Phi) is 7.42. The Bertz CT molecular complexity index is 1300. The average Bonchev–Trinajstić information content (AvgIpc) is 2.96. The second-order valence-electron chi connectivity index (χ2n) is 8.45. The summed E-state index contributed by atoms with van der Waals surface area (Å²) in [5, 5.41) is 5.93. The average molecular weight is 499 g/mol. The summed E-state index contributed by atoms with van der Waals surface area (Å²) in [4.78, 5) is 30.1. The molecule has 5 aromatic carbocycles. The van der Waals surface area contributed by atoms with Crippen LogP contribution in [0.5, 0.6) is 0 Å². The second-order valence-corrected chi connectivity index (χ2v) is 8.45. The Labute approximate surface area is 221 Å². The van der Waals surface area contributed by atoms with Crippen molar-refractivity contribution in [3.05, 3.63) is 146 Å². The molecule has 0 saturated heterocycles. The van der Waals surface area contributed by atoms with E-state index in [-0.39, 0.29) is 12.1 Å². The van der Waals surface area contributed by atoms with Crippen molar-refractivity contribution < 1.29 is 9.59 Å². The fraction of sp³-hybridized carbons (Fsp3) is 0. The molecular weight excluding hydrogens is 472 g/mol. The molecule has 0 aliphatic heterocycles. The molecule has 0 bridgehead atoms. The van der Waals surface area contributed by atoms with Crippen LogP contribution in [0.3, 0.4) is 0 Å². The summed E-state index contributed by atoms with van der Waals surface area (Å²) < 4.78 is 0. The van der Waals surface area contributed by atoms with Crippen LogP contribution < -0.4 is 20.4 Å². The van der Waals surface area contributed by atoms with Crippen molar-refractivity contribution in [2.24, 2.45) is 0 Å². The molecule has 0 radical (unpaired) electrons. The van der Waals surface area contributed by atoms with Gasteiger partial charge in [-0.2, -0.15) is 0 Å². The van der Waals surface area contributed by atoms with Gasteiger partial charge in [0.1, 0.15) is 0 Å². The third kappa shape index (κ3) is 5.71. The van der Waals surface area contributed by atoms with E-state index < -0.39 is 0 Å². The van der Waals surface area contributed by atoms with E-state index in [0.717, 1.165) is 22.7 Å². The molecule has 186 valence electrons. The summed E-state index contributed by atoms with van der Waals surface area (Å²) in [6.07, 6.45) is 0. The summed E-state index contributed by atoms with van der Waals surface area (Å²) in [5.74, 6) is 0. The van der Waals surface area contributed by atoms with E-state index in [9.17, 15) is 9.59 Å². The minimum atomic E-state index is -0.318. The number of anilines is 6. The maximum absolute atomic E-state index is 13.4. The fourth-order valence-corrected chi connectivity index (χ4v) is 4.11. The lowest BCUT2D eigenvalue weighted by molar-refractivity contribution is 0.258. The molecule has 4 amide bonds. The summed E-state index contributed by atoms with van der Waals surface area (Å²) in [6, 6.07) is 44.2. The van der Waals surface area contributed by atoms with Crippen LogP contribution in [0, 0.1) is 0 Å². The number of nitrogens with one attached hydrogen (secondary N) is 2. The molecule has 5 aromatic rings. The molecule has 0 fully saturated rings.